The molecule has 1 aromatic carbocycles. The van der Waals surface area contributed by atoms with Crippen LogP contribution in [0.25, 0.3) is 0 Å². The lowest BCUT2D eigenvalue weighted by molar-refractivity contribution is 0.00609. The molecular weight excluding hydrogens is 290 g/mol. The second-order valence-corrected chi connectivity index (χ2v) is 5.30. The molecule has 1 aromatic rings. The third-order valence-corrected chi connectivity index (χ3v) is 4.38. The van der Waals surface area contributed by atoms with E-state index in [1.807, 2.05) is 0 Å². The normalized spacial score (nSPS) is 24.9. The third-order valence-electron chi connectivity index (χ3n) is 3.19. The first-order valence-corrected chi connectivity index (χ1v) is 6.84. The molecule has 1 unspecified atom stereocenters. The van der Waals surface area contributed by atoms with E-state index in [9.17, 15) is 8.78 Å². The van der Waals surface area contributed by atoms with Crippen LogP contribution in [0.2, 0.25) is 0 Å². The zero-order chi connectivity index (χ0) is 12.3. The second-order valence-electron chi connectivity index (χ2n) is 4.74. The Bertz CT molecular complexity index is 369. The summed E-state index contributed by atoms with van der Waals surface area (Å²) in [5, 5.41) is 0.790. The lowest BCUT2D eigenvalue weighted by atomic mass is 9.79. The Morgan fingerprint density at radius 3 is 2.47 bits per heavy atom. The predicted molar refractivity (Wildman–Crippen MR) is 66.3 cm³/mol. The number of ether oxygens (including phenoxy) is 1. The van der Waals surface area contributed by atoms with Gasteiger partial charge in [-0.2, -0.15) is 0 Å². The van der Waals surface area contributed by atoms with E-state index >= 15 is 0 Å². The summed E-state index contributed by atoms with van der Waals surface area (Å²) in [7, 11) is 0. The van der Waals surface area contributed by atoms with Crippen molar-refractivity contribution in [3.8, 4) is 0 Å². The average Bonchev–Trinajstić information content (AvgIpc) is 2.29. The number of rotatable bonds is 3. The van der Waals surface area contributed by atoms with Gasteiger partial charge >= 0.3 is 0 Å². The highest BCUT2D eigenvalue weighted by atomic mass is 79.9. The lowest BCUT2D eigenvalue weighted by Crippen LogP contribution is -2.35. The van der Waals surface area contributed by atoms with Gasteiger partial charge in [0.05, 0.1) is 6.61 Å². The summed E-state index contributed by atoms with van der Waals surface area (Å²) >= 11 is 3.50. The molecule has 1 nitrogen and oxygen atoms in total. The summed E-state index contributed by atoms with van der Waals surface area (Å²) in [5.74, 6) is -1.03. The van der Waals surface area contributed by atoms with E-state index in [4.69, 9.17) is 4.74 Å². The fourth-order valence-corrected chi connectivity index (χ4v) is 2.99. The summed E-state index contributed by atoms with van der Waals surface area (Å²) in [4.78, 5) is 0. The van der Waals surface area contributed by atoms with Crippen LogP contribution in [0.5, 0.6) is 0 Å². The number of hydrogen-bond donors (Lipinski definition) is 0. The fourth-order valence-electron chi connectivity index (χ4n) is 2.35. The molecule has 1 aliphatic rings. The minimum atomic E-state index is -0.513. The molecule has 1 atom stereocenters. The monoisotopic (exact) mass is 304 g/mol. The first kappa shape index (κ1) is 13.0. The molecule has 0 bridgehead atoms. The van der Waals surface area contributed by atoms with Crippen LogP contribution < -0.4 is 0 Å². The highest BCUT2D eigenvalue weighted by molar-refractivity contribution is 9.09. The van der Waals surface area contributed by atoms with Crippen LogP contribution in [0.15, 0.2) is 18.2 Å². The van der Waals surface area contributed by atoms with Crippen molar-refractivity contribution in [2.24, 2.45) is 5.41 Å². The Morgan fingerprint density at radius 1 is 1.24 bits per heavy atom. The molecule has 0 aliphatic carbocycles. The summed E-state index contributed by atoms with van der Waals surface area (Å²) in [6, 6.07) is 3.71. The maximum atomic E-state index is 13.1. The summed E-state index contributed by atoms with van der Waals surface area (Å²) in [6.45, 7) is 1.43. The van der Waals surface area contributed by atoms with Crippen LogP contribution in [0, 0.1) is 17.0 Å². The maximum absolute atomic E-state index is 13.1. The van der Waals surface area contributed by atoms with E-state index in [0.717, 1.165) is 30.8 Å². The number of benzene rings is 1. The molecule has 4 heteroatoms. The van der Waals surface area contributed by atoms with Crippen LogP contribution in [-0.2, 0) is 11.2 Å². The van der Waals surface area contributed by atoms with Gasteiger partial charge in [-0.25, -0.2) is 8.78 Å². The Balaban J connectivity index is 2.17. The van der Waals surface area contributed by atoms with Gasteiger partial charge in [-0.1, -0.05) is 15.9 Å². The molecule has 0 N–H and O–H groups in total. The minimum absolute atomic E-state index is 0.0293. The van der Waals surface area contributed by atoms with E-state index in [1.165, 1.54) is 12.1 Å². The van der Waals surface area contributed by atoms with Crippen molar-refractivity contribution in [1.29, 1.82) is 0 Å². The van der Waals surface area contributed by atoms with Gasteiger partial charge in [-0.15, -0.1) is 0 Å². The van der Waals surface area contributed by atoms with Crippen LogP contribution in [0.3, 0.4) is 0 Å². The van der Waals surface area contributed by atoms with Crippen molar-refractivity contribution in [3.05, 3.63) is 35.4 Å². The molecule has 0 radical (unpaired) electrons. The van der Waals surface area contributed by atoms with Gasteiger partial charge < -0.3 is 4.74 Å². The molecule has 1 saturated heterocycles. The van der Waals surface area contributed by atoms with Gasteiger partial charge in [0.25, 0.3) is 0 Å². The molecular formula is C13H15BrF2O. The van der Waals surface area contributed by atoms with Gasteiger partial charge in [-0.3, -0.25) is 0 Å². The van der Waals surface area contributed by atoms with Crippen molar-refractivity contribution in [1.82, 2.24) is 0 Å². The second kappa shape index (κ2) is 5.44. The maximum Gasteiger partial charge on any atom is 0.126 e. The molecule has 0 saturated carbocycles. The van der Waals surface area contributed by atoms with E-state index in [2.05, 4.69) is 15.9 Å². The average molecular weight is 305 g/mol. The van der Waals surface area contributed by atoms with Gasteiger partial charge in [-0.05, 0) is 37.0 Å². The molecule has 0 spiro atoms. The third kappa shape index (κ3) is 3.26. The number of hydrogen-bond acceptors (Lipinski definition) is 1. The van der Waals surface area contributed by atoms with E-state index in [1.54, 1.807) is 0 Å². The largest absolute Gasteiger partial charge is 0.381 e. The Morgan fingerprint density at radius 2 is 1.94 bits per heavy atom. The SMILES string of the molecule is Fc1cc(F)cc(CC2(CBr)CCCOC2)c1. The Labute approximate surface area is 108 Å². The van der Waals surface area contributed by atoms with Crippen molar-refractivity contribution in [2.45, 2.75) is 19.3 Å². The van der Waals surface area contributed by atoms with Gasteiger partial charge in [0, 0.05) is 23.4 Å². The van der Waals surface area contributed by atoms with E-state index in [0.29, 0.717) is 18.6 Å². The quantitative estimate of drug-likeness (QED) is 0.774. The molecule has 0 amide bonds. The van der Waals surface area contributed by atoms with Gasteiger partial charge in [0.15, 0.2) is 0 Å². The molecule has 94 valence electrons. The predicted octanol–water partition coefficient (Wildman–Crippen LogP) is 3.70. The van der Waals surface area contributed by atoms with Gasteiger partial charge in [0.1, 0.15) is 11.6 Å². The number of alkyl halides is 1. The van der Waals surface area contributed by atoms with Crippen LogP contribution in [0.4, 0.5) is 8.78 Å². The lowest BCUT2D eigenvalue weighted by Gasteiger charge is -2.35. The van der Waals surface area contributed by atoms with Crippen molar-refractivity contribution in [3.63, 3.8) is 0 Å². The summed E-state index contributed by atoms with van der Waals surface area (Å²) < 4.78 is 31.7. The van der Waals surface area contributed by atoms with Crippen LogP contribution >= 0.6 is 15.9 Å². The standard InChI is InChI=1S/C13H15BrF2O/c14-8-13(2-1-3-17-9-13)7-10-4-11(15)6-12(16)5-10/h4-6H,1-3,7-9H2. The van der Waals surface area contributed by atoms with Gasteiger partial charge in [0.2, 0.25) is 0 Å². The highest BCUT2D eigenvalue weighted by Crippen LogP contribution is 2.34. The first-order chi connectivity index (χ1) is 8.13. The molecule has 0 aromatic heterocycles. The fraction of sp³-hybridized carbons (Fsp3) is 0.538. The Kier molecular flexibility index (Phi) is 4.15. The van der Waals surface area contributed by atoms with E-state index in [-0.39, 0.29) is 5.41 Å². The molecule has 17 heavy (non-hydrogen) atoms. The number of halogens is 3. The molecule has 1 fully saturated rings. The van der Waals surface area contributed by atoms with Crippen LogP contribution in [-0.4, -0.2) is 18.5 Å². The summed E-state index contributed by atoms with van der Waals surface area (Å²) in [5.41, 5.74) is 0.672. The minimum Gasteiger partial charge on any atom is -0.381 e. The zero-order valence-electron chi connectivity index (χ0n) is 9.52. The zero-order valence-corrected chi connectivity index (χ0v) is 11.1. The topological polar surface area (TPSA) is 9.23 Å². The first-order valence-electron chi connectivity index (χ1n) is 5.72. The van der Waals surface area contributed by atoms with Crippen molar-refractivity contribution in [2.75, 3.05) is 18.5 Å². The molecule has 1 aliphatic heterocycles. The summed E-state index contributed by atoms with van der Waals surface area (Å²) in [6.07, 6.45) is 2.67. The highest BCUT2D eigenvalue weighted by Gasteiger charge is 2.32. The van der Waals surface area contributed by atoms with Crippen LogP contribution in [0.1, 0.15) is 18.4 Å². The molecule has 1 heterocycles. The van der Waals surface area contributed by atoms with Crippen molar-refractivity contribution >= 4 is 15.9 Å². The smallest absolute Gasteiger partial charge is 0.126 e. The molecule has 2 rings (SSSR count). The van der Waals surface area contributed by atoms with E-state index < -0.39 is 11.6 Å². The van der Waals surface area contributed by atoms with Crippen molar-refractivity contribution < 1.29 is 13.5 Å². The Hall–Kier alpha value is -0.480.